The van der Waals surface area contributed by atoms with Crippen molar-refractivity contribution in [1.29, 1.82) is 0 Å². The molecular formula is C22H24N2O5S. The average Bonchev–Trinajstić information content (AvgIpc) is 3.35. The quantitative estimate of drug-likeness (QED) is 0.661. The van der Waals surface area contributed by atoms with Crippen LogP contribution in [0.15, 0.2) is 48.5 Å². The average molecular weight is 429 g/mol. The molecule has 158 valence electrons. The van der Waals surface area contributed by atoms with Crippen LogP contribution in [-0.2, 0) is 21.4 Å². The highest BCUT2D eigenvalue weighted by atomic mass is 32.2. The first kappa shape index (κ1) is 20.3. The molecule has 0 unspecified atom stereocenters. The molecule has 0 atom stereocenters. The van der Waals surface area contributed by atoms with Gasteiger partial charge in [0.2, 0.25) is 22.7 Å². The minimum Gasteiger partial charge on any atom is -0.454 e. The van der Waals surface area contributed by atoms with E-state index in [0.29, 0.717) is 37.5 Å². The van der Waals surface area contributed by atoms with Crippen molar-refractivity contribution >= 4 is 27.7 Å². The van der Waals surface area contributed by atoms with Crippen LogP contribution >= 0.6 is 0 Å². The Morgan fingerprint density at radius 2 is 1.90 bits per heavy atom. The van der Waals surface area contributed by atoms with E-state index in [1.807, 2.05) is 37.3 Å². The number of carbonyl (C=O) groups excluding carboxylic acids is 1. The van der Waals surface area contributed by atoms with Gasteiger partial charge >= 0.3 is 0 Å². The Bertz CT molecular complexity index is 1060. The Kier molecular flexibility index (Phi) is 5.67. The highest BCUT2D eigenvalue weighted by Crippen LogP contribution is 2.32. The van der Waals surface area contributed by atoms with Gasteiger partial charge in [0.25, 0.3) is 0 Å². The zero-order valence-corrected chi connectivity index (χ0v) is 17.6. The molecule has 1 saturated heterocycles. The van der Waals surface area contributed by atoms with Crippen LogP contribution in [0.25, 0.3) is 6.08 Å². The molecule has 2 aliphatic rings. The van der Waals surface area contributed by atoms with Gasteiger partial charge in [-0.15, -0.1) is 0 Å². The van der Waals surface area contributed by atoms with E-state index in [9.17, 15) is 13.2 Å². The fourth-order valence-electron chi connectivity index (χ4n) is 3.56. The zero-order valence-electron chi connectivity index (χ0n) is 16.8. The summed E-state index contributed by atoms with van der Waals surface area (Å²) in [4.78, 5) is 14.4. The largest absolute Gasteiger partial charge is 0.454 e. The number of nitrogens with zero attached hydrogens (tertiary/aromatic N) is 2. The second-order valence-electron chi connectivity index (χ2n) is 7.21. The monoisotopic (exact) mass is 428 g/mol. The van der Waals surface area contributed by atoms with Crippen LogP contribution in [0.5, 0.6) is 11.5 Å². The topological polar surface area (TPSA) is 76.2 Å². The Balaban J connectivity index is 1.40. The van der Waals surface area contributed by atoms with E-state index < -0.39 is 10.0 Å². The molecule has 8 heteroatoms. The van der Waals surface area contributed by atoms with E-state index in [4.69, 9.17) is 9.47 Å². The minimum absolute atomic E-state index is 0.0960. The number of hydrogen-bond acceptors (Lipinski definition) is 5. The van der Waals surface area contributed by atoms with Gasteiger partial charge in [-0.1, -0.05) is 18.2 Å². The van der Waals surface area contributed by atoms with Crippen molar-refractivity contribution in [3.05, 3.63) is 59.7 Å². The summed E-state index contributed by atoms with van der Waals surface area (Å²) in [5.41, 5.74) is 2.47. The van der Waals surface area contributed by atoms with Gasteiger partial charge in [-0.2, -0.15) is 0 Å². The summed E-state index contributed by atoms with van der Waals surface area (Å²) in [5.74, 6) is 1.52. The lowest BCUT2D eigenvalue weighted by Crippen LogP contribution is -2.28. The van der Waals surface area contributed by atoms with Gasteiger partial charge in [-0.3, -0.25) is 9.10 Å². The molecule has 2 heterocycles. The maximum absolute atomic E-state index is 12.6. The Hall–Kier alpha value is -3.00. The molecule has 2 aromatic rings. The van der Waals surface area contributed by atoms with Crippen molar-refractivity contribution in [2.45, 2.75) is 19.9 Å². The van der Waals surface area contributed by atoms with Crippen LogP contribution in [0.4, 0.5) is 5.69 Å². The number of fused-ring (bicyclic) bond motifs is 1. The molecule has 1 fully saturated rings. The summed E-state index contributed by atoms with van der Waals surface area (Å²) < 4.78 is 36.2. The molecular weight excluding hydrogens is 404 g/mol. The lowest BCUT2D eigenvalue weighted by Gasteiger charge is -2.19. The SMILES string of the molecule is CCN(Cc1ccc2c(c1)OCO2)C(=O)/C=C/c1ccc(N2CCCS2(=O)=O)cc1. The molecule has 0 bridgehead atoms. The van der Waals surface area contributed by atoms with Crippen LogP contribution in [-0.4, -0.2) is 44.9 Å². The molecule has 2 aromatic carbocycles. The summed E-state index contributed by atoms with van der Waals surface area (Å²) in [6, 6.07) is 12.9. The molecule has 7 nitrogen and oxygen atoms in total. The molecule has 4 rings (SSSR count). The standard InChI is InChI=1S/C22H24N2O5S/c1-2-23(15-18-6-10-20-21(14-18)29-16-28-20)22(25)11-7-17-4-8-19(9-5-17)24-12-3-13-30(24,26)27/h4-11,14H,2-3,12-13,15-16H2,1H3/b11-7+. The van der Waals surface area contributed by atoms with Gasteiger partial charge in [0.1, 0.15) is 0 Å². The molecule has 0 aromatic heterocycles. The zero-order chi connectivity index (χ0) is 21.1. The smallest absolute Gasteiger partial charge is 0.246 e. The van der Waals surface area contributed by atoms with Gasteiger partial charge in [-0.25, -0.2) is 8.42 Å². The maximum atomic E-state index is 12.6. The predicted octanol–water partition coefficient (Wildman–Crippen LogP) is 3.02. The Morgan fingerprint density at radius 3 is 2.60 bits per heavy atom. The summed E-state index contributed by atoms with van der Waals surface area (Å²) >= 11 is 0. The second-order valence-corrected chi connectivity index (χ2v) is 9.22. The Morgan fingerprint density at radius 1 is 1.13 bits per heavy atom. The van der Waals surface area contributed by atoms with Gasteiger partial charge in [0.05, 0.1) is 11.4 Å². The highest BCUT2D eigenvalue weighted by molar-refractivity contribution is 7.93. The van der Waals surface area contributed by atoms with Gasteiger partial charge in [0.15, 0.2) is 11.5 Å². The first-order valence-corrected chi connectivity index (χ1v) is 11.5. The minimum atomic E-state index is -3.19. The third-order valence-corrected chi connectivity index (χ3v) is 7.07. The number of anilines is 1. The van der Waals surface area contributed by atoms with Crippen LogP contribution < -0.4 is 13.8 Å². The molecule has 0 saturated carbocycles. The predicted molar refractivity (Wildman–Crippen MR) is 115 cm³/mol. The number of amides is 1. The fourth-order valence-corrected chi connectivity index (χ4v) is 5.12. The lowest BCUT2D eigenvalue weighted by atomic mass is 10.1. The second kappa shape index (κ2) is 8.39. The van der Waals surface area contributed by atoms with Crippen molar-refractivity contribution in [2.75, 3.05) is 29.9 Å². The first-order chi connectivity index (χ1) is 14.5. The molecule has 0 spiro atoms. The molecule has 0 aliphatic carbocycles. The van der Waals surface area contributed by atoms with Crippen LogP contribution in [0.3, 0.4) is 0 Å². The van der Waals surface area contributed by atoms with Gasteiger partial charge in [-0.05, 0) is 54.8 Å². The summed E-state index contributed by atoms with van der Waals surface area (Å²) in [6.45, 7) is 3.72. The van der Waals surface area contributed by atoms with Crippen molar-refractivity contribution in [3.8, 4) is 11.5 Å². The number of ether oxygens (including phenoxy) is 2. The fraction of sp³-hybridized carbons (Fsp3) is 0.318. The van der Waals surface area contributed by atoms with E-state index in [1.54, 1.807) is 23.1 Å². The highest BCUT2D eigenvalue weighted by Gasteiger charge is 2.28. The number of benzene rings is 2. The normalized spacial score (nSPS) is 16.9. The van der Waals surface area contributed by atoms with E-state index >= 15 is 0 Å². The third kappa shape index (κ3) is 4.28. The van der Waals surface area contributed by atoms with E-state index in [1.165, 1.54) is 10.4 Å². The van der Waals surface area contributed by atoms with Crippen molar-refractivity contribution < 1.29 is 22.7 Å². The first-order valence-electron chi connectivity index (χ1n) is 9.92. The summed E-state index contributed by atoms with van der Waals surface area (Å²) in [5, 5.41) is 0. The van der Waals surface area contributed by atoms with Crippen molar-refractivity contribution in [2.24, 2.45) is 0 Å². The van der Waals surface area contributed by atoms with E-state index in [2.05, 4.69) is 0 Å². The number of rotatable bonds is 6. The molecule has 0 N–H and O–H groups in total. The number of likely N-dealkylation sites (N-methyl/N-ethyl adjacent to an activating group) is 1. The van der Waals surface area contributed by atoms with Crippen LogP contribution in [0.2, 0.25) is 0 Å². The maximum Gasteiger partial charge on any atom is 0.246 e. The number of sulfonamides is 1. The van der Waals surface area contributed by atoms with Crippen molar-refractivity contribution in [3.63, 3.8) is 0 Å². The van der Waals surface area contributed by atoms with E-state index in [-0.39, 0.29) is 18.5 Å². The lowest BCUT2D eigenvalue weighted by molar-refractivity contribution is -0.126. The number of hydrogen-bond donors (Lipinski definition) is 0. The summed E-state index contributed by atoms with van der Waals surface area (Å²) in [7, 11) is -3.19. The molecule has 2 aliphatic heterocycles. The molecule has 1 amide bonds. The number of carbonyl (C=O) groups is 1. The van der Waals surface area contributed by atoms with Crippen molar-refractivity contribution in [1.82, 2.24) is 4.90 Å². The molecule has 0 radical (unpaired) electrons. The van der Waals surface area contributed by atoms with E-state index in [0.717, 1.165) is 16.9 Å². The van der Waals surface area contributed by atoms with Gasteiger partial charge < -0.3 is 14.4 Å². The van der Waals surface area contributed by atoms with Crippen LogP contribution in [0, 0.1) is 0 Å². The van der Waals surface area contributed by atoms with Crippen LogP contribution in [0.1, 0.15) is 24.5 Å². The Labute approximate surface area is 176 Å². The van der Waals surface area contributed by atoms with Gasteiger partial charge in [0, 0.05) is 25.7 Å². The third-order valence-electron chi connectivity index (χ3n) is 5.20. The summed E-state index contributed by atoms with van der Waals surface area (Å²) in [6.07, 6.45) is 3.93. The molecule has 30 heavy (non-hydrogen) atoms.